The van der Waals surface area contributed by atoms with Crippen LogP contribution in [0.4, 0.5) is 13.2 Å². The van der Waals surface area contributed by atoms with Crippen molar-refractivity contribution in [1.29, 1.82) is 0 Å². The lowest BCUT2D eigenvalue weighted by Gasteiger charge is -2.21. The van der Waals surface area contributed by atoms with Gasteiger partial charge in [0, 0.05) is 11.6 Å². The molecule has 1 aromatic carbocycles. The largest absolute Gasteiger partial charge is 0.481 e. The molecule has 0 saturated carbocycles. The molecule has 2 N–H and O–H groups in total. The second kappa shape index (κ2) is 8.55. The predicted molar refractivity (Wildman–Crippen MR) is 108 cm³/mol. The smallest absolute Gasteiger partial charge is 0.417 e. The van der Waals surface area contributed by atoms with Crippen molar-refractivity contribution in [2.75, 3.05) is 0 Å². The van der Waals surface area contributed by atoms with Crippen LogP contribution in [0.15, 0.2) is 45.7 Å². The van der Waals surface area contributed by atoms with E-state index in [1.54, 1.807) is 0 Å². The van der Waals surface area contributed by atoms with Gasteiger partial charge in [0.1, 0.15) is 21.9 Å². The van der Waals surface area contributed by atoms with Gasteiger partial charge in [-0.05, 0) is 18.2 Å². The van der Waals surface area contributed by atoms with E-state index < -0.39 is 42.0 Å². The highest BCUT2D eigenvalue weighted by atomic mass is 32.2. The number of carboxylic acids is 2. The molecule has 31 heavy (non-hydrogen) atoms. The van der Waals surface area contributed by atoms with E-state index in [1.165, 1.54) is 36.4 Å². The molecule has 0 spiro atoms. The Morgan fingerprint density at radius 1 is 1.19 bits per heavy atom. The number of thiocarbonyl (C=S) groups is 1. The van der Waals surface area contributed by atoms with Gasteiger partial charge in [-0.1, -0.05) is 42.2 Å². The number of amides is 1. The molecule has 12 heteroatoms. The summed E-state index contributed by atoms with van der Waals surface area (Å²) in [7, 11) is 0. The molecule has 1 atom stereocenters. The van der Waals surface area contributed by atoms with Gasteiger partial charge in [0.15, 0.2) is 0 Å². The number of halogens is 3. The summed E-state index contributed by atoms with van der Waals surface area (Å²) in [4.78, 5) is 35.6. The minimum absolute atomic E-state index is 0.0394. The maximum atomic E-state index is 13.2. The summed E-state index contributed by atoms with van der Waals surface area (Å²) in [5, 5.41) is 18.2. The fourth-order valence-corrected chi connectivity index (χ4v) is 4.19. The van der Waals surface area contributed by atoms with Crippen LogP contribution in [0.5, 0.6) is 0 Å². The van der Waals surface area contributed by atoms with Crippen LogP contribution in [0.2, 0.25) is 0 Å². The average molecular weight is 471 g/mol. The zero-order chi connectivity index (χ0) is 22.9. The van der Waals surface area contributed by atoms with Crippen molar-refractivity contribution in [2.24, 2.45) is 0 Å². The van der Waals surface area contributed by atoms with Crippen LogP contribution < -0.4 is 0 Å². The molecule has 7 nitrogen and oxygen atoms in total. The molecule has 0 aliphatic carbocycles. The summed E-state index contributed by atoms with van der Waals surface area (Å²) in [6, 6.07) is 5.79. The molecule has 2 aromatic rings. The van der Waals surface area contributed by atoms with Crippen LogP contribution >= 0.6 is 24.0 Å². The van der Waals surface area contributed by atoms with Gasteiger partial charge in [-0.15, -0.1) is 0 Å². The topological polar surface area (TPSA) is 108 Å². The van der Waals surface area contributed by atoms with Gasteiger partial charge in [0.25, 0.3) is 5.91 Å². The normalized spacial score (nSPS) is 16.7. The summed E-state index contributed by atoms with van der Waals surface area (Å²) in [5.41, 5.74) is -1.07. The van der Waals surface area contributed by atoms with E-state index in [9.17, 15) is 32.7 Å². The number of benzene rings is 1. The van der Waals surface area contributed by atoms with Crippen molar-refractivity contribution >= 4 is 52.2 Å². The second-order valence-electron chi connectivity index (χ2n) is 6.25. The molecule has 0 bridgehead atoms. The van der Waals surface area contributed by atoms with Crippen molar-refractivity contribution in [3.05, 3.63) is 52.6 Å². The molecule has 1 aliphatic rings. The van der Waals surface area contributed by atoms with E-state index in [-0.39, 0.29) is 26.3 Å². The molecule has 1 fully saturated rings. The highest BCUT2D eigenvalue weighted by Gasteiger charge is 2.41. The van der Waals surface area contributed by atoms with E-state index in [2.05, 4.69) is 0 Å². The Balaban J connectivity index is 1.91. The monoisotopic (exact) mass is 471 g/mol. The first-order valence-electron chi connectivity index (χ1n) is 8.47. The van der Waals surface area contributed by atoms with Crippen LogP contribution in [0.3, 0.4) is 0 Å². The number of rotatable bonds is 6. The van der Waals surface area contributed by atoms with E-state index in [4.69, 9.17) is 21.7 Å². The first-order chi connectivity index (χ1) is 14.5. The summed E-state index contributed by atoms with van der Waals surface area (Å²) < 4.78 is 45.0. The summed E-state index contributed by atoms with van der Waals surface area (Å²) in [5.74, 6) is -3.84. The maximum absolute atomic E-state index is 13.2. The maximum Gasteiger partial charge on any atom is 0.417 e. The Hall–Kier alpha value is -3.12. The number of aliphatic carboxylic acids is 2. The van der Waals surface area contributed by atoms with Crippen LogP contribution in [0, 0.1) is 0 Å². The number of carbonyl (C=O) groups excluding carboxylic acids is 1. The lowest BCUT2D eigenvalue weighted by Crippen LogP contribution is -2.45. The first kappa shape index (κ1) is 22.6. The SMILES string of the molecule is O=C(O)CC(C(=O)O)N1C(=O)/C(=C/c2ccc(-c3ccccc3C(F)(F)F)o2)SC1=S. The van der Waals surface area contributed by atoms with E-state index in [0.717, 1.165) is 17.8 Å². The Labute approximate surface area is 182 Å². The summed E-state index contributed by atoms with van der Waals surface area (Å²) >= 11 is 5.75. The molecule has 1 amide bonds. The van der Waals surface area contributed by atoms with Gasteiger partial charge >= 0.3 is 18.1 Å². The number of carboxylic acid groups (broad SMARTS) is 2. The molecule has 1 saturated heterocycles. The van der Waals surface area contributed by atoms with Gasteiger partial charge in [-0.2, -0.15) is 13.2 Å². The Morgan fingerprint density at radius 3 is 2.48 bits per heavy atom. The van der Waals surface area contributed by atoms with Crippen LogP contribution in [0.25, 0.3) is 17.4 Å². The van der Waals surface area contributed by atoms with Crippen LogP contribution in [0.1, 0.15) is 17.7 Å². The number of alkyl halides is 3. The fourth-order valence-electron chi connectivity index (χ4n) is 2.85. The van der Waals surface area contributed by atoms with Gasteiger partial charge in [0.2, 0.25) is 0 Å². The van der Waals surface area contributed by atoms with Gasteiger partial charge in [0.05, 0.1) is 16.9 Å². The van der Waals surface area contributed by atoms with Crippen molar-refractivity contribution in [3.8, 4) is 11.3 Å². The minimum atomic E-state index is -4.60. The van der Waals surface area contributed by atoms with E-state index >= 15 is 0 Å². The Kier molecular flexibility index (Phi) is 6.23. The van der Waals surface area contributed by atoms with Gasteiger partial charge < -0.3 is 14.6 Å². The highest BCUT2D eigenvalue weighted by molar-refractivity contribution is 8.26. The van der Waals surface area contributed by atoms with Gasteiger partial charge in [-0.3, -0.25) is 14.5 Å². The van der Waals surface area contributed by atoms with Crippen molar-refractivity contribution in [2.45, 2.75) is 18.6 Å². The highest BCUT2D eigenvalue weighted by Crippen LogP contribution is 2.39. The molecule has 3 rings (SSSR count). The summed E-state index contributed by atoms with van der Waals surface area (Å²) in [6.07, 6.45) is -4.24. The second-order valence-corrected chi connectivity index (χ2v) is 7.92. The van der Waals surface area contributed by atoms with Crippen molar-refractivity contribution < 1.29 is 42.2 Å². The van der Waals surface area contributed by atoms with E-state index in [0.29, 0.717) is 4.90 Å². The third-order valence-corrected chi connectivity index (χ3v) is 5.52. The number of thioether (sulfide) groups is 1. The number of nitrogens with zero attached hydrogens (tertiary/aromatic N) is 1. The number of carbonyl (C=O) groups is 3. The molecule has 2 heterocycles. The minimum Gasteiger partial charge on any atom is -0.481 e. The molecule has 0 radical (unpaired) electrons. The zero-order valence-electron chi connectivity index (χ0n) is 15.3. The van der Waals surface area contributed by atoms with Crippen LogP contribution in [-0.2, 0) is 20.6 Å². The number of hydrogen-bond acceptors (Lipinski definition) is 6. The Morgan fingerprint density at radius 2 is 1.87 bits per heavy atom. The molecule has 1 aromatic heterocycles. The quantitative estimate of drug-likeness (QED) is 0.479. The third-order valence-electron chi connectivity index (χ3n) is 4.19. The van der Waals surface area contributed by atoms with Crippen molar-refractivity contribution in [1.82, 2.24) is 4.90 Å². The lowest BCUT2D eigenvalue weighted by atomic mass is 10.1. The standard InChI is InChI=1S/C19H12F3NO6S2/c20-19(21,22)11-4-2-1-3-10(11)13-6-5-9(29-13)7-14-16(26)23(18(30)31-14)12(17(27)28)8-15(24)25/h1-7,12H,8H2,(H,24,25)(H,27,28)/b14-7-. The number of furan rings is 1. The fraction of sp³-hybridized carbons (Fsp3) is 0.158. The molecular weight excluding hydrogens is 459 g/mol. The summed E-state index contributed by atoms with van der Waals surface area (Å²) in [6.45, 7) is 0. The van der Waals surface area contributed by atoms with Crippen molar-refractivity contribution in [3.63, 3.8) is 0 Å². The first-order valence-corrected chi connectivity index (χ1v) is 9.69. The molecule has 1 unspecified atom stereocenters. The molecule has 1 aliphatic heterocycles. The molecule has 162 valence electrons. The Bertz CT molecular complexity index is 1110. The lowest BCUT2D eigenvalue weighted by molar-refractivity contribution is -0.150. The zero-order valence-corrected chi connectivity index (χ0v) is 16.9. The van der Waals surface area contributed by atoms with Gasteiger partial charge in [-0.25, -0.2) is 4.79 Å². The van der Waals surface area contributed by atoms with E-state index in [1.807, 2.05) is 0 Å². The number of hydrogen-bond donors (Lipinski definition) is 2. The predicted octanol–water partition coefficient (Wildman–Crippen LogP) is 4.09. The third kappa shape index (κ3) is 4.80. The molecular formula is C19H12F3NO6S2. The van der Waals surface area contributed by atoms with Crippen LogP contribution in [-0.4, -0.2) is 43.3 Å². The average Bonchev–Trinajstić information content (AvgIpc) is 3.24.